The van der Waals surface area contributed by atoms with Gasteiger partial charge in [0.25, 0.3) is 0 Å². The van der Waals surface area contributed by atoms with Gasteiger partial charge in [-0.2, -0.15) is 0 Å². The molecule has 1 heterocycles. The number of carbonyl (C=O) groups excluding carboxylic acids is 1. The first-order valence-corrected chi connectivity index (χ1v) is 7.31. The maximum atomic E-state index is 11.4. The van der Waals surface area contributed by atoms with E-state index in [1.807, 2.05) is 25.1 Å². The number of thiazole rings is 1. The predicted molar refractivity (Wildman–Crippen MR) is 86.9 cm³/mol. The highest BCUT2D eigenvalue weighted by Crippen LogP contribution is 2.24. The van der Waals surface area contributed by atoms with Crippen LogP contribution in [-0.2, 0) is 11.2 Å². The molecule has 0 fully saturated rings. The molecule has 20 heavy (non-hydrogen) atoms. The molecule has 1 atom stereocenters. The lowest BCUT2D eigenvalue weighted by Crippen LogP contribution is -2.31. The van der Waals surface area contributed by atoms with Crippen molar-refractivity contribution < 1.29 is 4.79 Å². The molecule has 3 N–H and O–H groups in total. The van der Waals surface area contributed by atoms with Crippen LogP contribution in [0, 0.1) is 0 Å². The SMILES string of the molecule is CC(N)CC(=O)NCCc1nc2cc(Cl)ccc2s1.Cl. The Bertz CT molecular complexity index is 586. The van der Waals surface area contributed by atoms with Gasteiger partial charge in [-0.05, 0) is 25.1 Å². The number of rotatable bonds is 5. The Labute approximate surface area is 133 Å². The summed E-state index contributed by atoms with van der Waals surface area (Å²) in [6.45, 7) is 2.40. The van der Waals surface area contributed by atoms with E-state index in [-0.39, 0.29) is 24.4 Å². The highest BCUT2D eigenvalue weighted by Gasteiger charge is 2.07. The lowest BCUT2D eigenvalue weighted by Gasteiger charge is -2.05. The minimum Gasteiger partial charge on any atom is -0.356 e. The topological polar surface area (TPSA) is 68.0 Å². The minimum absolute atomic E-state index is 0. The van der Waals surface area contributed by atoms with Crippen molar-refractivity contribution in [2.45, 2.75) is 25.8 Å². The van der Waals surface area contributed by atoms with Crippen molar-refractivity contribution >= 4 is 51.5 Å². The zero-order valence-electron chi connectivity index (χ0n) is 11.1. The van der Waals surface area contributed by atoms with Gasteiger partial charge in [0.05, 0.1) is 15.2 Å². The van der Waals surface area contributed by atoms with Gasteiger partial charge in [0, 0.05) is 30.5 Å². The summed E-state index contributed by atoms with van der Waals surface area (Å²) in [5, 5.41) is 4.53. The molecule has 1 aromatic carbocycles. The third-order valence-corrected chi connectivity index (χ3v) is 3.89. The average Bonchev–Trinajstić information content (AvgIpc) is 2.69. The fourth-order valence-electron chi connectivity index (χ4n) is 1.73. The molecule has 4 nitrogen and oxygen atoms in total. The van der Waals surface area contributed by atoms with Crippen LogP contribution >= 0.6 is 35.3 Å². The molecular formula is C13H17Cl2N3OS. The van der Waals surface area contributed by atoms with E-state index in [4.69, 9.17) is 17.3 Å². The fraction of sp³-hybridized carbons (Fsp3) is 0.385. The van der Waals surface area contributed by atoms with Crippen molar-refractivity contribution in [3.8, 4) is 0 Å². The van der Waals surface area contributed by atoms with E-state index in [9.17, 15) is 4.79 Å². The first-order chi connectivity index (χ1) is 9.04. The molecule has 0 aliphatic carbocycles. The second kappa shape index (κ2) is 7.78. The van der Waals surface area contributed by atoms with Gasteiger partial charge in [-0.1, -0.05) is 11.6 Å². The minimum atomic E-state index is -0.107. The Morgan fingerprint density at radius 3 is 3.00 bits per heavy atom. The van der Waals surface area contributed by atoms with E-state index in [1.165, 1.54) is 0 Å². The molecule has 0 radical (unpaired) electrons. The number of hydrogen-bond donors (Lipinski definition) is 2. The second-order valence-electron chi connectivity index (χ2n) is 4.50. The van der Waals surface area contributed by atoms with Crippen molar-refractivity contribution in [3.05, 3.63) is 28.2 Å². The number of aromatic nitrogens is 1. The predicted octanol–water partition coefficient (Wildman–Crippen LogP) is 2.77. The quantitative estimate of drug-likeness (QED) is 0.883. The van der Waals surface area contributed by atoms with Crippen molar-refractivity contribution in [3.63, 3.8) is 0 Å². The zero-order valence-corrected chi connectivity index (χ0v) is 13.4. The molecule has 7 heteroatoms. The molecule has 0 aliphatic rings. The number of nitrogens with one attached hydrogen (secondary N) is 1. The standard InChI is InChI=1S/C13H16ClN3OS.ClH/c1-8(15)6-12(18)16-5-4-13-17-10-7-9(14)2-3-11(10)19-13;/h2-3,7-8H,4-6,15H2,1H3,(H,16,18);1H. The highest BCUT2D eigenvalue weighted by atomic mass is 35.5. The van der Waals surface area contributed by atoms with E-state index in [0.29, 0.717) is 18.0 Å². The monoisotopic (exact) mass is 333 g/mol. The van der Waals surface area contributed by atoms with Crippen LogP contribution in [-0.4, -0.2) is 23.5 Å². The molecule has 0 saturated heterocycles. The van der Waals surface area contributed by atoms with Gasteiger partial charge in [-0.3, -0.25) is 4.79 Å². The van der Waals surface area contributed by atoms with E-state index in [0.717, 1.165) is 21.6 Å². The number of nitrogens with zero attached hydrogens (tertiary/aromatic N) is 1. The molecule has 2 rings (SSSR count). The van der Waals surface area contributed by atoms with Crippen LogP contribution in [0.5, 0.6) is 0 Å². The Morgan fingerprint density at radius 1 is 1.55 bits per heavy atom. The molecule has 1 amide bonds. The van der Waals surface area contributed by atoms with Crippen LogP contribution < -0.4 is 11.1 Å². The van der Waals surface area contributed by atoms with Crippen LogP contribution in [0.4, 0.5) is 0 Å². The van der Waals surface area contributed by atoms with Gasteiger partial charge >= 0.3 is 0 Å². The Hall–Kier alpha value is -0.880. The fourth-order valence-corrected chi connectivity index (χ4v) is 2.84. The van der Waals surface area contributed by atoms with E-state index >= 15 is 0 Å². The average molecular weight is 334 g/mol. The number of benzene rings is 1. The molecule has 110 valence electrons. The molecule has 0 spiro atoms. The maximum absolute atomic E-state index is 11.4. The summed E-state index contributed by atoms with van der Waals surface area (Å²) in [7, 11) is 0. The molecular weight excluding hydrogens is 317 g/mol. The Balaban J connectivity index is 0.00000200. The number of fused-ring (bicyclic) bond motifs is 1. The Morgan fingerprint density at radius 2 is 2.30 bits per heavy atom. The second-order valence-corrected chi connectivity index (χ2v) is 6.05. The summed E-state index contributed by atoms with van der Waals surface area (Å²) in [5.41, 5.74) is 6.47. The number of nitrogens with two attached hydrogens (primary N) is 1. The first kappa shape index (κ1) is 17.2. The van der Waals surface area contributed by atoms with Gasteiger partial charge < -0.3 is 11.1 Å². The molecule has 1 unspecified atom stereocenters. The number of hydrogen-bond acceptors (Lipinski definition) is 4. The molecule has 0 aliphatic heterocycles. The summed E-state index contributed by atoms with van der Waals surface area (Å²) in [5.74, 6) is -0.0147. The number of carbonyl (C=O) groups is 1. The highest BCUT2D eigenvalue weighted by molar-refractivity contribution is 7.18. The van der Waals surface area contributed by atoms with Crippen LogP contribution in [0.15, 0.2) is 18.2 Å². The van der Waals surface area contributed by atoms with Crippen molar-refractivity contribution in [1.82, 2.24) is 10.3 Å². The summed E-state index contributed by atoms with van der Waals surface area (Å²) < 4.78 is 1.11. The van der Waals surface area contributed by atoms with Gasteiger partial charge in [0.1, 0.15) is 0 Å². The normalized spacial score (nSPS) is 11.9. The van der Waals surface area contributed by atoms with Crippen LogP contribution in [0.2, 0.25) is 5.02 Å². The Kier molecular flexibility index (Phi) is 6.68. The molecule has 1 aromatic heterocycles. The van der Waals surface area contributed by atoms with Crippen LogP contribution in [0.3, 0.4) is 0 Å². The van der Waals surface area contributed by atoms with Crippen LogP contribution in [0.25, 0.3) is 10.2 Å². The summed E-state index contributed by atoms with van der Waals surface area (Å²) in [6.07, 6.45) is 1.08. The summed E-state index contributed by atoms with van der Waals surface area (Å²) in [4.78, 5) is 15.9. The van der Waals surface area contributed by atoms with Gasteiger partial charge in [-0.25, -0.2) is 4.98 Å². The lowest BCUT2D eigenvalue weighted by molar-refractivity contribution is -0.121. The third kappa shape index (κ3) is 4.90. The van der Waals surface area contributed by atoms with Crippen molar-refractivity contribution in [1.29, 1.82) is 0 Å². The molecule has 0 bridgehead atoms. The van der Waals surface area contributed by atoms with Crippen molar-refractivity contribution in [2.75, 3.05) is 6.54 Å². The molecule has 0 saturated carbocycles. The van der Waals surface area contributed by atoms with Gasteiger partial charge in [0.15, 0.2) is 0 Å². The number of amides is 1. The largest absolute Gasteiger partial charge is 0.356 e. The van der Waals surface area contributed by atoms with E-state index in [2.05, 4.69) is 10.3 Å². The zero-order chi connectivity index (χ0) is 13.8. The molecule has 2 aromatic rings. The maximum Gasteiger partial charge on any atom is 0.221 e. The number of halogens is 2. The van der Waals surface area contributed by atoms with E-state index in [1.54, 1.807) is 11.3 Å². The van der Waals surface area contributed by atoms with Crippen LogP contribution in [0.1, 0.15) is 18.4 Å². The van der Waals surface area contributed by atoms with Crippen molar-refractivity contribution in [2.24, 2.45) is 5.73 Å². The summed E-state index contributed by atoms with van der Waals surface area (Å²) in [6, 6.07) is 5.57. The lowest BCUT2D eigenvalue weighted by atomic mass is 10.2. The smallest absolute Gasteiger partial charge is 0.221 e. The third-order valence-electron chi connectivity index (χ3n) is 2.56. The van der Waals surface area contributed by atoms with Gasteiger partial charge in [-0.15, -0.1) is 23.7 Å². The summed E-state index contributed by atoms with van der Waals surface area (Å²) >= 11 is 7.54. The van der Waals surface area contributed by atoms with E-state index < -0.39 is 0 Å². The van der Waals surface area contributed by atoms with Gasteiger partial charge in [0.2, 0.25) is 5.91 Å². The first-order valence-electron chi connectivity index (χ1n) is 6.12.